The fourth-order valence-corrected chi connectivity index (χ4v) is 2.59. The third kappa shape index (κ3) is 5.78. The zero-order valence-corrected chi connectivity index (χ0v) is 14.3. The maximum Gasteiger partial charge on any atom is 0.220 e. The quantitative estimate of drug-likeness (QED) is 0.808. The van der Waals surface area contributed by atoms with Crippen LogP contribution in [-0.2, 0) is 17.6 Å². The molecule has 0 aliphatic heterocycles. The Morgan fingerprint density at radius 3 is 2.42 bits per heavy atom. The SMILES string of the molecule is CN(C)C(CNC(=O)CCc1ccccc1F)Cc1ccccc1. The Bertz CT molecular complexity index is 643. The van der Waals surface area contributed by atoms with E-state index in [1.807, 2.05) is 32.3 Å². The number of carbonyl (C=O) groups is 1. The highest BCUT2D eigenvalue weighted by atomic mass is 19.1. The molecule has 1 unspecified atom stereocenters. The van der Waals surface area contributed by atoms with Gasteiger partial charge >= 0.3 is 0 Å². The van der Waals surface area contributed by atoms with Gasteiger partial charge in [0, 0.05) is 19.0 Å². The molecule has 0 saturated heterocycles. The van der Waals surface area contributed by atoms with Crippen LogP contribution in [-0.4, -0.2) is 37.5 Å². The van der Waals surface area contributed by atoms with Gasteiger partial charge in [-0.1, -0.05) is 48.5 Å². The van der Waals surface area contributed by atoms with E-state index in [1.54, 1.807) is 18.2 Å². The lowest BCUT2D eigenvalue weighted by molar-refractivity contribution is -0.121. The largest absolute Gasteiger partial charge is 0.355 e. The number of aryl methyl sites for hydroxylation is 1. The summed E-state index contributed by atoms with van der Waals surface area (Å²) in [5.41, 5.74) is 1.83. The zero-order valence-electron chi connectivity index (χ0n) is 14.3. The lowest BCUT2D eigenvalue weighted by Crippen LogP contribution is -2.41. The third-order valence-corrected chi connectivity index (χ3v) is 4.16. The second kappa shape index (κ2) is 9.18. The average molecular weight is 328 g/mol. The van der Waals surface area contributed by atoms with Gasteiger partial charge in [-0.2, -0.15) is 0 Å². The fourth-order valence-electron chi connectivity index (χ4n) is 2.59. The molecule has 0 aliphatic rings. The first-order valence-electron chi connectivity index (χ1n) is 8.26. The van der Waals surface area contributed by atoms with Crippen LogP contribution in [0.15, 0.2) is 54.6 Å². The minimum atomic E-state index is -0.249. The lowest BCUT2D eigenvalue weighted by atomic mass is 10.0. The number of carbonyl (C=O) groups excluding carboxylic acids is 1. The molecule has 0 heterocycles. The number of rotatable bonds is 8. The first-order chi connectivity index (χ1) is 11.6. The van der Waals surface area contributed by atoms with Crippen molar-refractivity contribution in [3.05, 3.63) is 71.5 Å². The Balaban J connectivity index is 1.81. The molecule has 2 rings (SSSR count). The molecule has 1 amide bonds. The number of benzene rings is 2. The Morgan fingerprint density at radius 1 is 1.08 bits per heavy atom. The van der Waals surface area contributed by atoms with Crippen molar-refractivity contribution in [1.29, 1.82) is 0 Å². The summed E-state index contributed by atoms with van der Waals surface area (Å²) in [6.07, 6.45) is 1.59. The molecule has 0 aromatic heterocycles. The summed E-state index contributed by atoms with van der Waals surface area (Å²) in [5.74, 6) is -0.293. The number of amides is 1. The predicted molar refractivity (Wildman–Crippen MR) is 95.4 cm³/mol. The molecule has 0 fully saturated rings. The van der Waals surface area contributed by atoms with Crippen LogP contribution in [0.3, 0.4) is 0 Å². The molecule has 4 heteroatoms. The molecule has 1 N–H and O–H groups in total. The lowest BCUT2D eigenvalue weighted by Gasteiger charge is -2.24. The van der Waals surface area contributed by atoms with Crippen molar-refractivity contribution in [2.45, 2.75) is 25.3 Å². The van der Waals surface area contributed by atoms with Crippen LogP contribution in [0.5, 0.6) is 0 Å². The number of hydrogen-bond acceptors (Lipinski definition) is 2. The van der Waals surface area contributed by atoms with Crippen molar-refractivity contribution in [3.63, 3.8) is 0 Å². The number of hydrogen-bond donors (Lipinski definition) is 1. The molecule has 0 radical (unpaired) electrons. The summed E-state index contributed by atoms with van der Waals surface area (Å²) in [7, 11) is 4.03. The summed E-state index contributed by atoms with van der Waals surface area (Å²) in [4.78, 5) is 14.2. The molecule has 2 aromatic rings. The summed E-state index contributed by atoms with van der Waals surface area (Å²) in [5, 5.41) is 2.97. The summed E-state index contributed by atoms with van der Waals surface area (Å²) >= 11 is 0. The fraction of sp³-hybridized carbons (Fsp3) is 0.350. The van der Waals surface area contributed by atoms with Gasteiger partial charge < -0.3 is 10.2 Å². The van der Waals surface area contributed by atoms with E-state index in [4.69, 9.17) is 0 Å². The number of nitrogens with one attached hydrogen (secondary N) is 1. The smallest absolute Gasteiger partial charge is 0.220 e. The van der Waals surface area contributed by atoms with Gasteiger partial charge in [0.2, 0.25) is 5.91 Å². The van der Waals surface area contributed by atoms with Crippen LogP contribution in [0.1, 0.15) is 17.5 Å². The van der Waals surface area contributed by atoms with E-state index < -0.39 is 0 Å². The van der Waals surface area contributed by atoms with Crippen LogP contribution >= 0.6 is 0 Å². The number of halogens is 1. The zero-order chi connectivity index (χ0) is 17.4. The predicted octanol–water partition coefficient (Wildman–Crippen LogP) is 3.05. The van der Waals surface area contributed by atoms with E-state index in [2.05, 4.69) is 22.3 Å². The molecule has 0 saturated carbocycles. The third-order valence-electron chi connectivity index (χ3n) is 4.16. The Morgan fingerprint density at radius 2 is 1.75 bits per heavy atom. The van der Waals surface area contributed by atoms with Crippen LogP contribution in [0.4, 0.5) is 4.39 Å². The Labute approximate surface area is 143 Å². The van der Waals surface area contributed by atoms with Gasteiger partial charge in [-0.05, 0) is 44.1 Å². The monoisotopic (exact) mass is 328 g/mol. The first-order valence-corrected chi connectivity index (χ1v) is 8.26. The van der Waals surface area contributed by atoms with Gasteiger partial charge in [0.15, 0.2) is 0 Å². The van der Waals surface area contributed by atoms with E-state index in [-0.39, 0.29) is 17.8 Å². The molecular weight excluding hydrogens is 303 g/mol. The second-order valence-corrected chi connectivity index (χ2v) is 6.20. The van der Waals surface area contributed by atoms with Gasteiger partial charge in [0.25, 0.3) is 0 Å². The van der Waals surface area contributed by atoms with Crippen molar-refractivity contribution in [2.24, 2.45) is 0 Å². The van der Waals surface area contributed by atoms with Crippen molar-refractivity contribution in [3.8, 4) is 0 Å². The highest BCUT2D eigenvalue weighted by Gasteiger charge is 2.14. The normalized spacial score (nSPS) is 12.2. The van der Waals surface area contributed by atoms with Crippen LogP contribution < -0.4 is 5.32 Å². The minimum Gasteiger partial charge on any atom is -0.355 e. The number of nitrogens with zero attached hydrogens (tertiary/aromatic N) is 1. The van der Waals surface area contributed by atoms with E-state index in [9.17, 15) is 9.18 Å². The van der Waals surface area contributed by atoms with Crippen LogP contribution in [0.2, 0.25) is 0 Å². The van der Waals surface area contributed by atoms with E-state index in [0.29, 0.717) is 24.9 Å². The average Bonchev–Trinajstić information content (AvgIpc) is 2.58. The van der Waals surface area contributed by atoms with E-state index in [1.165, 1.54) is 11.6 Å². The highest BCUT2D eigenvalue weighted by molar-refractivity contribution is 5.76. The van der Waals surface area contributed by atoms with Crippen molar-refractivity contribution >= 4 is 5.91 Å². The van der Waals surface area contributed by atoms with Crippen LogP contribution in [0.25, 0.3) is 0 Å². The van der Waals surface area contributed by atoms with Gasteiger partial charge in [-0.15, -0.1) is 0 Å². The molecule has 128 valence electrons. The summed E-state index contributed by atoms with van der Waals surface area (Å²) < 4.78 is 13.6. The van der Waals surface area contributed by atoms with E-state index >= 15 is 0 Å². The molecule has 0 spiro atoms. The molecular formula is C20H25FN2O. The molecule has 0 aliphatic carbocycles. The highest BCUT2D eigenvalue weighted by Crippen LogP contribution is 2.09. The maximum atomic E-state index is 13.6. The molecule has 1 atom stereocenters. The minimum absolute atomic E-state index is 0.0434. The first kappa shape index (κ1) is 18.1. The van der Waals surface area contributed by atoms with Gasteiger partial charge in [0.1, 0.15) is 5.82 Å². The van der Waals surface area contributed by atoms with Gasteiger partial charge in [-0.3, -0.25) is 4.79 Å². The maximum absolute atomic E-state index is 13.6. The summed E-state index contributed by atoms with van der Waals surface area (Å²) in [6, 6.07) is 17.1. The van der Waals surface area contributed by atoms with Crippen molar-refractivity contribution in [1.82, 2.24) is 10.2 Å². The van der Waals surface area contributed by atoms with Gasteiger partial charge in [-0.25, -0.2) is 4.39 Å². The van der Waals surface area contributed by atoms with Crippen molar-refractivity contribution in [2.75, 3.05) is 20.6 Å². The Kier molecular flexibility index (Phi) is 6.94. The molecule has 24 heavy (non-hydrogen) atoms. The Hall–Kier alpha value is -2.20. The summed E-state index contributed by atoms with van der Waals surface area (Å²) in [6.45, 7) is 0.581. The van der Waals surface area contributed by atoms with Gasteiger partial charge in [0.05, 0.1) is 0 Å². The van der Waals surface area contributed by atoms with Crippen LogP contribution in [0, 0.1) is 5.82 Å². The molecule has 3 nitrogen and oxygen atoms in total. The topological polar surface area (TPSA) is 32.3 Å². The number of likely N-dealkylation sites (N-methyl/N-ethyl adjacent to an activating group) is 1. The molecule has 2 aromatic carbocycles. The second-order valence-electron chi connectivity index (χ2n) is 6.20. The van der Waals surface area contributed by atoms with Crippen molar-refractivity contribution < 1.29 is 9.18 Å². The standard InChI is InChI=1S/C20H25FN2O/c1-23(2)18(14-16-8-4-3-5-9-16)15-22-20(24)13-12-17-10-6-7-11-19(17)21/h3-11,18H,12-15H2,1-2H3,(H,22,24). The van der Waals surface area contributed by atoms with E-state index in [0.717, 1.165) is 6.42 Å². The molecule has 0 bridgehead atoms.